The fourth-order valence-corrected chi connectivity index (χ4v) is 7.66. The summed E-state index contributed by atoms with van der Waals surface area (Å²) in [4.78, 5) is 125. The molecule has 10 atom stereocenters. The van der Waals surface area contributed by atoms with Crippen molar-refractivity contribution in [2.45, 2.75) is 115 Å². The molecule has 0 aromatic heterocycles. The van der Waals surface area contributed by atoms with Gasteiger partial charge in [0.2, 0.25) is 35.4 Å². The van der Waals surface area contributed by atoms with Gasteiger partial charge in [-0.1, -0.05) is 93.6 Å². The number of amides is 7. The van der Waals surface area contributed by atoms with Gasteiger partial charge in [-0.05, 0) is 62.8 Å². The number of carbonyl (C=O) groups is 9. The number of hydrogen-bond donors (Lipinski definition) is 12. The van der Waals surface area contributed by atoms with Crippen LogP contribution in [-0.2, 0) is 60.7 Å². The molecule has 0 saturated carbocycles. The summed E-state index contributed by atoms with van der Waals surface area (Å²) in [6, 6.07) is 6.04. The van der Waals surface area contributed by atoms with Crippen molar-refractivity contribution in [1.82, 2.24) is 37.2 Å². The number of carboxylic acid groups (broad SMARTS) is 2. The summed E-state index contributed by atoms with van der Waals surface area (Å²) in [5.74, 6) is -13.1. The number of carbonyl (C=O) groups excluding carboxylic acids is 7. The van der Waals surface area contributed by atoms with E-state index in [0.29, 0.717) is 17.6 Å². The third-order valence-corrected chi connectivity index (χ3v) is 12.2. The van der Waals surface area contributed by atoms with Crippen LogP contribution in [0.2, 0.25) is 0 Å². The van der Waals surface area contributed by atoms with Crippen molar-refractivity contribution in [2.24, 2.45) is 34.2 Å². The number of nitrogens with zero attached hydrogens (tertiary/aromatic N) is 1. The van der Waals surface area contributed by atoms with Gasteiger partial charge in [-0.25, -0.2) is 9.59 Å². The molecule has 1 aliphatic heterocycles. The van der Waals surface area contributed by atoms with E-state index >= 15 is 0 Å². The number of methoxy groups -OCH3 is 1. The van der Waals surface area contributed by atoms with E-state index < -0.39 is 120 Å². The second-order valence-corrected chi connectivity index (χ2v) is 18.1. The number of carboxylic acids is 2. The zero-order chi connectivity index (χ0) is 55.2. The molecule has 0 aliphatic carbocycles. The van der Waals surface area contributed by atoms with Crippen LogP contribution in [0, 0.1) is 17.8 Å². The first-order chi connectivity index (χ1) is 34.9. The normalized spacial score (nSPS) is 24.5. The first kappa shape index (κ1) is 60.2. The molecule has 3 unspecified atom stereocenters. The molecule has 1 aliphatic rings. The Morgan fingerprint density at radius 2 is 1.42 bits per heavy atom. The smallest absolute Gasteiger partial charge is 0.327 e. The van der Waals surface area contributed by atoms with Crippen molar-refractivity contribution in [3.63, 3.8) is 0 Å². The number of aromatic hydroxyl groups is 1. The predicted molar refractivity (Wildman–Crippen MR) is 272 cm³/mol. The molecule has 23 heteroatoms. The zero-order valence-corrected chi connectivity index (χ0v) is 42.4. The number of benzene rings is 2. The number of allylic oxidation sites excluding steroid dienone is 2. The van der Waals surface area contributed by atoms with Gasteiger partial charge in [0.1, 0.15) is 36.0 Å². The van der Waals surface area contributed by atoms with Gasteiger partial charge < -0.3 is 68.7 Å². The fraction of sp³-hybridized carbons (Fsp3) is 0.451. The molecule has 14 N–H and O–H groups in total. The van der Waals surface area contributed by atoms with Crippen molar-refractivity contribution in [3.8, 4) is 5.75 Å². The summed E-state index contributed by atoms with van der Waals surface area (Å²) >= 11 is 0. The number of nitrogens with two attached hydrogens (primary N) is 2. The Bertz CT molecular complexity index is 2420. The van der Waals surface area contributed by atoms with E-state index in [1.165, 1.54) is 51.1 Å². The lowest BCUT2D eigenvalue weighted by molar-refractivity contribution is -0.146. The number of phenolic OH excluding ortho intramolecular Hbond substituents is 1. The van der Waals surface area contributed by atoms with Gasteiger partial charge in [0, 0.05) is 32.4 Å². The van der Waals surface area contributed by atoms with E-state index in [4.69, 9.17) is 16.2 Å². The van der Waals surface area contributed by atoms with E-state index in [1.54, 1.807) is 20.1 Å². The lowest BCUT2D eigenvalue weighted by atomic mass is 9.94. The van der Waals surface area contributed by atoms with E-state index in [0.717, 1.165) is 5.56 Å². The Labute approximate surface area is 429 Å². The average Bonchev–Trinajstić information content (AvgIpc) is 3.35. The van der Waals surface area contributed by atoms with Crippen LogP contribution in [-0.4, -0.2) is 131 Å². The van der Waals surface area contributed by atoms with Gasteiger partial charge in [0.05, 0.1) is 29.7 Å². The Kier molecular flexibility index (Phi) is 24.0. The maximum absolute atomic E-state index is 14.4. The largest absolute Gasteiger partial charge is 0.508 e. The maximum atomic E-state index is 14.4. The lowest BCUT2D eigenvalue weighted by Gasteiger charge is -2.28. The summed E-state index contributed by atoms with van der Waals surface area (Å²) in [6.45, 7) is 11.1. The average molecular weight is 1030 g/mol. The molecule has 74 heavy (non-hydrogen) atoms. The summed E-state index contributed by atoms with van der Waals surface area (Å²) < 4.78 is 5.81. The number of aliphatic imine (C=N–C) groups is 1. The van der Waals surface area contributed by atoms with Crippen molar-refractivity contribution in [1.29, 1.82) is 0 Å². The Hall–Kier alpha value is -8.08. The number of ether oxygens (including phenoxy) is 1. The molecule has 2 aromatic carbocycles. The molecular formula is C51H70N10O13. The molecule has 0 bridgehead atoms. The monoisotopic (exact) mass is 1030 g/mol. The van der Waals surface area contributed by atoms with Gasteiger partial charge >= 0.3 is 11.9 Å². The fourth-order valence-electron chi connectivity index (χ4n) is 7.66. The molecular weight excluding hydrogens is 961 g/mol. The molecule has 1 heterocycles. The van der Waals surface area contributed by atoms with E-state index in [-0.39, 0.29) is 49.5 Å². The molecule has 0 spiro atoms. The topological polar surface area (TPSA) is 372 Å². The highest BCUT2D eigenvalue weighted by Gasteiger charge is 2.37. The van der Waals surface area contributed by atoms with Crippen LogP contribution in [0.3, 0.4) is 0 Å². The molecule has 1 fully saturated rings. The number of phenols is 1. The van der Waals surface area contributed by atoms with Gasteiger partial charge in [-0.2, -0.15) is 0 Å². The van der Waals surface area contributed by atoms with E-state index in [1.807, 2.05) is 43.3 Å². The third-order valence-electron chi connectivity index (χ3n) is 12.2. The Morgan fingerprint density at radius 1 is 0.797 bits per heavy atom. The summed E-state index contributed by atoms with van der Waals surface area (Å²) in [7, 11) is 1.60. The first-order valence-corrected chi connectivity index (χ1v) is 23.9. The van der Waals surface area contributed by atoms with E-state index in [2.05, 4.69) is 48.8 Å². The van der Waals surface area contributed by atoms with Gasteiger partial charge in [-0.3, -0.25) is 38.6 Å². The maximum Gasteiger partial charge on any atom is 0.327 e. The molecule has 1 saturated heterocycles. The SMILES string of the molecule is C=C1NC(=O)CC[C@H](C(=O)O)NC(=O)[C@@H](C)C(/C=C/C(C)=C/[C@H](C)[C@H](Cc2ccccc2)OC)NC(=O)C(CCCN=C(N)N)NC(=O)[C@@H](C)C(C(=O)O)NC(=O)[C@H](Cc2ccc(O)cc2)NC(=O)[C@@H](C)NC1=O. The number of nitrogens with one attached hydrogen (secondary N) is 7. The predicted octanol–water partition coefficient (Wildman–Crippen LogP) is 0.178. The molecule has 0 radical (unpaired) electrons. The van der Waals surface area contributed by atoms with Crippen molar-refractivity contribution in [3.05, 3.63) is 102 Å². The highest BCUT2D eigenvalue weighted by Crippen LogP contribution is 2.19. The van der Waals surface area contributed by atoms with Crippen LogP contribution >= 0.6 is 0 Å². The van der Waals surface area contributed by atoms with Crippen LogP contribution in [0.4, 0.5) is 0 Å². The van der Waals surface area contributed by atoms with E-state index in [9.17, 15) is 58.5 Å². The highest BCUT2D eigenvalue weighted by atomic mass is 16.5. The van der Waals surface area contributed by atoms with Gasteiger partial charge in [0.15, 0.2) is 5.96 Å². The summed E-state index contributed by atoms with van der Waals surface area (Å²) in [5, 5.41) is 47.4. The Balaban J connectivity index is 2.12. The van der Waals surface area contributed by atoms with Crippen LogP contribution < -0.4 is 48.7 Å². The number of rotatable bonds is 15. The second kappa shape index (κ2) is 29.4. The third kappa shape index (κ3) is 19.8. The minimum absolute atomic E-state index is 0.00154. The van der Waals surface area contributed by atoms with Gasteiger partial charge in [-0.15, -0.1) is 0 Å². The molecule has 7 amide bonds. The van der Waals surface area contributed by atoms with Gasteiger partial charge in [0.25, 0.3) is 5.91 Å². The first-order valence-electron chi connectivity index (χ1n) is 23.9. The second-order valence-electron chi connectivity index (χ2n) is 18.1. The quantitative estimate of drug-likeness (QED) is 0.0372. The van der Waals surface area contributed by atoms with Crippen molar-refractivity contribution in [2.75, 3.05) is 13.7 Å². The van der Waals surface area contributed by atoms with Crippen molar-refractivity contribution >= 4 is 59.2 Å². The highest BCUT2D eigenvalue weighted by molar-refractivity contribution is 6.00. The van der Waals surface area contributed by atoms with Crippen LogP contribution in [0.5, 0.6) is 5.75 Å². The minimum Gasteiger partial charge on any atom is -0.508 e. The lowest BCUT2D eigenvalue weighted by Crippen LogP contribution is -2.59. The summed E-state index contributed by atoms with van der Waals surface area (Å²) in [6.07, 6.45) is 4.15. The molecule has 402 valence electrons. The molecule has 2 aromatic rings. The number of guanidine groups is 1. The van der Waals surface area contributed by atoms with Crippen LogP contribution in [0.15, 0.2) is 95.7 Å². The standard InChI is InChI=1S/C51H70N10O13/c1-27(24-28(2)40(74-7)26-33-12-9-8-10-13-33)15-20-36-29(3)43(64)59-38(49(70)71)21-22-41(63)55-31(5)45(66)56-32(6)46(67)60-39(25-34-16-18-35(62)19-17-34)48(69)61-42(50(72)73)30(4)44(65)58-37(47(68)57-36)14-11-23-54-51(52)53/h8-10,12-13,15-20,24,28-30,32,36-40,42,62H,5,11,14,21-23,25-26H2,1-4,6-7H3,(H,55,63)(H,56,66)(H,57,68)(H,58,65)(H,59,64)(H,60,67)(H,61,69)(H,70,71)(H,72,73)(H4,52,53,54)/b20-15+,27-24+/t28-,29-,30-,32+,36?,37?,38+,39-,40-,42?/m0/s1. The van der Waals surface area contributed by atoms with Crippen LogP contribution in [0.25, 0.3) is 0 Å². The van der Waals surface area contributed by atoms with Crippen molar-refractivity contribution < 1.29 is 63.2 Å². The number of aliphatic carboxylic acids is 2. The number of hydrogen-bond acceptors (Lipinski definition) is 12. The zero-order valence-electron chi connectivity index (χ0n) is 42.4. The molecule has 3 rings (SSSR count). The minimum atomic E-state index is -1.96. The molecule has 23 nitrogen and oxygen atoms in total. The van der Waals surface area contributed by atoms with Crippen LogP contribution in [0.1, 0.15) is 71.4 Å². The Morgan fingerprint density at radius 3 is 2.03 bits per heavy atom. The summed E-state index contributed by atoms with van der Waals surface area (Å²) in [5.41, 5.74) is 12.6.